The van der Waals surface area contributed by atoms with Crippen LogP contribution in [0.3, 0.4) is 0 Å². The molecule has 1 aromatic carbocycles. The average molecular weight is 337 g/mol. The largest absolute Gasteiger partial charge is 0.459 e. The van der Waals surface area contributed by atoms with Crippen molar-refractivity contribution in [3.8, 4) is 0 Å². The van der Waals surface area contributed by atoms with E-state index >= 15 is 0 Å². The Balaban J connectivity index is 1.55. The number of rotatable bonds is 6. The number of carbonyl (C=O) groups is 2. The summed E-state index contributed by atoms with van der Waals surface area (Å²) < 4.78 is 5.12. The number of hydrogen-bond donors (Lipinski definition) is 3. The standard InChI is InChI=1S/C19H19N3O3/c23-18(21-13-7-8-13)16(22-19(24)17-6-3-9-25-17)10-12-11-20-15-5-2-1-4-14(12)15/h1-6,9,11,13,16,20H,7-8,10H2,(H,21,23)(H,22,24)/t16-/m1/s1. The number of benzene rings is 1. The van der Waals surface area contributed by atoms with E-state index in [0.29, 0.717) is 6.42 Å². The summed E-state index contributed by atoms with van der Waals surface area (Å²) in [5.74, 6) is -0.350. The highest BCUT2D eigenvalue weighted by Gasteiger charge is 2.29. The normalized spacial score (nSPS) is 15.0. The smallest absolute Gasteiger partial charge is 0.287 e. The highest BCUT2D eigenvalue weighted by molar-refractivity contribution is 5.96. The van der Waals surface area contributed by atoms with E-state index in [0.717, 1.165) is 29.3 Å². The van der Waals surface area contributed by atoms with Crippen LogP contribution in [0.2, 0.25) is 0 Å². The molecule has 1 aliphatic rings. The molecule has 25 heavy (non-hydrogen) atoms. The lowest BCUT2D eigenvalue weighted by atomic mass is 10.0. The fourth-order valence-corrected chi connectivity index (χ4v) is 2.90. The van der Waals surface area contributed by atoms with Crippen LogP contribution in [-0.4, -0.2) is 28.9 Å². The summed E-state index contributed by atoms with van der Waals surface area (Å²) in [6.07, 6.45) is 5.74. The molecule has 1 saturated carbocycles. The number of aromatic nitrogens is 1. The van der Waals surface area contributed by atoms with E-state index in [4.69, 9.17) is 4.42 Å². The van der Waals surface area contributed by atoms with Gasteiger partial charge in [0, 0.05) is 29.6 Å². The van der Waals surface area contributed by atoms with Crippen molar-refractivity contribution in [1.29, 1.82) is 0 Å². The molecule has 2 amide bonds. The summed E-state index contributed by atoms with van der Waals surface area (Å²) in [6.45, 7) is 0. The summed E-state index contributed by atoms with van der Waals surface area (Å²) in [6, 6.07) is 10.7. The number of fused-ring (bicyclic) bond motifs is 1. The maximum atomic E-state index is 12.6. The lowest BCUT2D eigenvalue weighted by molar-refractivity contribution is -0.123. The number of para-hydroxylation sites is 1. The molecule has 2 aromatic heterocycles. The molecule has 4 rings (SSSR count). The molecule has 3 N–H and O–H groups in total. The van der Waals surface area contributed by atoms with Gasteiger partial charge in [0.25, 0.3) is 5.91 Å². The van der Waals surface area contributed by atoms with E-state index < -0.39 is 6.04 Å². The number of amides is 2. The van der Waals surface area contributed by atoms with Crippen LogP contribution in [0.25, 0.3) is 10.9 Å². The van der Waals surface area contributed by atoms with Crippen molar-refractivity contribution in [2.75, 3.05) is 0 Å². The predicted octanol–water partition coefficient (Wildman–Crippen LogP) is 2.38. The minimum Gasteiger partial charge on any atom is -0.459 e. The zero-order valence-electron chi connectivity index (χ0n) is 13.6. The van der Waals surface area contributed by atoms with E-state index in [1.54, 1.807) is 12.1 Å². The van der Waals surface area contributed by atoms with Crippen molar-refractivity contribution in [3.63, 3.8) is 0 Å². The minimum atomic E-state index is -0.655. The third-order valence-corrected chi connectivity index (χ3v) is 4.39. The van der Waals surface area contributed by atoms with Gasteiger partial charge < -0.3 is 20.0 Å². The Labute approximate surface area is 144 Å². The third-order valence-electron chi connectivity index (χ3n) is 4.39. The molecule has 6 nitrogen and oxygen atoms in total. The summed E-state index contributed by atoms with van der Waals surface area (Å²) in [5, 5.41) is 6.82. The lowest BCUT2D eigenvalue weighted by Gasteiger charge is -2.17. The molecule has 0 aliphatic heterocycles. The molecule has 0 saturated heterocycles. The maximum absolute atomic E-state index is 12.6. The van der Waals surface area contributed by atoms with Gasteiger partial charge in [-0.25, -0.2) is 0 Å². The molecule has 6 heteroatoms. The topological polar surface area (TPSA) is 87.1 Å². The van der Waals surface area contributed by atoms with Gasteiger partial charge in [0.1, 0.15) is 6.04 Å². The minimum absolute atomic E-state index is 0.160. The molecular formula is C19H19N3O3. The van der Waals surface area contributed by atoms with Gasteiger partial charge in [-0.15, -0.1) is 0 Å². The van der Waals surface area contributed by atoms with Crippen LogP contribution in [0.4, 0.5) is 0 Å². The Kier molecular flexibility index (Phi) is 4.01. The monoisotopic (exact) mass is 337 g/mol. The second kappa shape index (κ2) is 6.47. The zero-order chi connectivity index (χ0) is 17.2. The van der Waals surface area contributed by atoms with Crippen LogP contribution < -0.4 is 10.6 Å². The Hall–Kier alpha value is -3.02. The summed E-state index contributed by atoms with van der Waals surface area (Å²) >= 11 is 0. The van der Waals surface area contributed by atoms with Gasteiger partial charge in [-0.3, -0.25) is 9.59 Å². The first-order chi connectivity index (χ1) is 12.2. The van der Waals surface area contributed by atoms with Gasteiger partial charge in [-0.1, -0.05) is 18.2 Å². The Morgan fingerprint density at radius 1 is 1.20 bits per heavy atom. The second-order valence-corrected chi connectivity index (χ2v) is 6.35. The van der Waals surface area contributed by atoms with E-state index in [1.165, 1.54) is 6.26 Å². The predicted molar refractivity (Wildman–Crippen MR) is 93.1 cm³/mol. The van der Waals surface area contributed by atoms with Crippen LogP contribution >= 0.6 is 0 Å². The van der Waals surface area contributed by atoms with Crippen LogP contribution in [0.15, 0.2) is 53.3 Å². The van der Waals surface area contributed by atoms with Crippen LogP contribution in [0.1, 0.15) is 29.0 Å². The molecule has 1 atom stereocenters. The fourth-order valence-electron chi connectivity index (χ4n) is 2.90. The average Bonchev–Trinajstić information content (AvgIpc) is 3.12. The summed E-state index contributed by atoms with van der Waals surface area (Å²) in [5.41, 5.74) is 2.00. The number of nitrogens with one attached hydrogen (secondary N) is 3. The molecule has 1 aliphatic carbocycles. The second-order valence-electron chi connectivity index (χ2n) is 6.35. The molecule has 3 aromatic rings. The Morgan fingerprint density at radius 2 is 2.04 bits per heavy atom. The lowest BCUT2D eigenvalue weighted by Crippen LogP contribution is -2.48. The first-order valence-corrected chi connectivity index (χ1v) is 8.40. The van der Waals surface area contributed by atoms with Crippen molar-refractivity contribution in [2.24, 2.45) is 0 Å². The van der Waals surface area contributed by atoms with Gasteiger partial charge in [0.05, 0.1) is 6.26 Å². The van der Waals surface area contributed by atoms with Gasteiger partial charge >= 0.3 is 0 Å². The van der Waals surface area contributed by atoms with Crippen LogP contribution in [-0.2, 0) is 11.2 Å². The van der Waals surface area contributed by atoms with Crippen molar-refractivity contribution in [1.82, 2.24) is 15.6 Å². The van der Waals surface area contributed by atoms with Crippen molar-refractivity contribution >= 4 is 22.7 Å². The highest BCUT2D eigenvalue weighted by Crippen LogP contribution is 2.21. The number of H-pyrrole nitrogens is 1. The zero-order valence-corrected chi connectivity index (χ0v) is 13.6. The molecule has 1 fully saturated rings. The number of hydrogen-bond acceptors (Lipinski definition) is 3. The SMILES string of the molecule is O=C(N[C@H](Cc1c[nH]c2ccccc12)C(=O)NC1CC1)c1ccco1. The third kappa shape index (κ3) is 3.42. The maximum Gasteiger partial charge on any atom is 0.287 e. The molecule has 0 radical (unpaired) electrons. The van der Waals surface area contributed by atoms with Crippen LogP contribution in [0.5, 0.6) is 0 Å². The summed E-state index contributed by atoms with van der Waals surface area (Å²) in [4.78, 5) is 28.1. The molecule has 2 heterocycles. The summed E-state index contributed by atoms with van der Waals surface area (Å²) in [7, 11) is 0. The molecule has 0 unspecified atom stereocenters. The molecule has 0 spiro atoms. The Bertz CT molecular complexity index is 894. The molecule has 128 valence electrons. The highest BCUT2D eigenvalue weighted by atomic mass is 16.3. The van der Waals surface area contributed by atoms with E-state index in [9.17, 15) is 9.59 Å². The fraction of sp³-hybridized carbons (Fsp3) is 0.263. The Morgan fingerprint density at radius 3 is 2.80 bits per heavy atom. The van der Waals surface area contributed by atoms with Gasteiger partial charge in [0.2, 0.25) is 5.91 Å². The van der Waals surface area contributed by atoms with Crippen molar-refractivity contribution < 1.29 is 14.0 Å². The number of carbonyl (C=O) groups excluding carboxylic acids is 2. The van der Waals surface area contributed by atoms with E-state index in [2.05, 4.69) is 15.6 Å². The van der Waals surface area contributed by atoms with E-state index in [-0.39, 0.29) is 23.6 Å². The van der Waals surface area contributed by atoms with E-state index in [1.807, 2.05) is 30.5 Å². The van der Waals surface area contributed by atoms with Crippen LogP contribution in [0, 0.1) is 0 Å². The number of aromatic amines is 1. The van der Waals surface area contributed by atoms with Gasteiger partial charge in [-0.2, -0.15) is 0 Å². The molecule has 0 bridgehead atoms. The van der Waals surface area contributed by atoms with Crippen molar-refractivity contribution in [3.05, 3.63) is 60.2 Å². The quantitative estimate of drug-likeness (QED) is 0.645. The van der Waals surface area contributed by atoms with Gasteiger partial charge in [0.15, 0.2) is 5.76 Å². The van der Waals surface area contributed by atoms with Crippen molar-refractivity contribution in [2.45, 2.75) is 31.3 Å². The first-order valence-electron chi connectivity index (χ1n) is 8.40. The number of furan rings is 1. The van der Waals surface area contributed by atoms with Gasteiger partial charge in [-0.05, 0) is 36.6 Å². The first kappa shape index (κ1) is 15.5. The molecular weight excluding hydrogens is 318 g/mol.